The van der Waals surface area contributed by atoms with Gasteiger partial charge in [-0.2, -0.15) is 0 Å². The average Bonchev–Trinajstić information content (AvgIpc) is 2.25. The lowest BCUT2D eigenvalue weighted by molar-refractivity contribution is -0.153. The van der Waals surface area contributed by atoms with Crippen LogP contribution in [0.15, 0.2) is 18.2 Å². The van der Waals surface area contributed by atoms with E-state index in [4.69, 9.17) is 14.9 Å². The molecule has 2 N–H and O–H groups in total. The van der Waals surface area contributed by atoms with E-state index < -0.39 is 29.9 Å². The lowest BCUT2D eigenvalue weighted by Gasteiger charge is -2.20. The van der Waals surface area contributed by atoms with E-state index in [2.05, 4.69) is 0 Å². The van der Waals surface area contributed by atoms with Gasteiger partial charge in [0.25, 0.3) is 0 Å². The summed E-state index contributed by atoms with van der Waals surface area (Å²) in [6.07, 6.45) is -0.401. The van der Waals surface area contributed by atoms with E-state index in [0.717, 1.165) is 0 Å². The van der Waals surface area contributed by atoms with Crippen LogP contribution >= 0.6 is 0 Å². The van der Waals surface area contributed by atoms with Crippen LogP contribution in [-0.4, -0.2) is 33.7 Å². The van der Waals surface area contributed by atoms with E-state index >= 15 is 0 Å². The fraction of sp³-hybridized carbons (Fsp3) is 0.357. The Balaban J connectivity index is 3.18. The second-order valence-corrected chi connectivity index (χ2v) is 5.21. The number of aromatic carboxylic acids is 2. The topological polar surface area (TPSA) is 101 Å². The molecule has 0 fully saturated rings. The van der Waals surface area contributed by atoms with Gasteiger partial charge in [-0.3, -0.25) is 4.79 Å². The highest BCUT2D eigenvalue weighted by Crippen LogP contribution is 2.18. The zero-order valence-electron chi connectivity index (χ0n) is 11.5. The second kappa shape index (κ2) is 5.73. The van der Waals surface area contributed by atoms with Crippen molar-refractivity contribution >= 4 is 17.9 Å². The normalized spacial score (nSPS) is 10.9. The number of ether oxygens (including phenoxy) is 1. The number of hydrogen-bond acceptors (Lipinski definition) is 4. The van der Waals surface area contributed by atoms with Crippen LogP contribution in [0.2, 0.25) is 0 Å². The van der Waals surface area contributed by atoms with Crippen LogP contribution in [-0.2, 0) is 16.0 Å². The van der Waals surface area contributed by atoms with Gasteiger partial charge < -0.3 is 14.9 Å². The quantitative estimate of drug-likeness (QED) is 0.818. The number of carbonyl (C=O) groups is 3. The zero-order valence-corrected chi connectivity index (χ0v) is 11.5. The maximum atomic E-state index is 11.8. The Morgan fingerprint density at radius 1 is 1.05 bits per heavy atom. The Labute approximate surface area is 116 Å². The summed E-state index contributed by atoms with van der Waals surface area (Å²) in [6.45, 7) is 5.02. The van der Waals surface area contributed by atoms with Crippen LogP contribution in [0, 0.1) is 0 Å². The summed E-state index contributed by atoms with van der Waals surface area (Å²) in [7, 11) is 0. The van der Waals surface area contributed by atoms with Gasteiger partial charge in [0.15, 0.2) is 0 Å². The molecule has 0 radical (unpaired) electrons. The van der Waals surface area contributed by atoms with Crippen molar-refractivity contribution in [2.45, 2.75) is 32.8 Å². The first-order valence-electron chi connectivity index (χ1n) is 5.92. The summed E-state index contributed by atoms with van der Waals surface area (Å²) in [4.78, 5) is 34.0. The molecule has 0 amide bonds. The molecule has 0 aliphatic heterocycles. The Bertz CT molecular complexity index is 521. The highest BCUT2D eigenvalue weighted by molar-refractivity contribution is 5.98. The summed E-state index contributed by atoms with van der Waals surface area (Å²) in [5, 5.41) is 18.1. The van der Waals surface area contributed by atoms with Crippen LogP contribution in [0.4, 0.5) is 0 Å². The lowest BCUT2D eigenvalue weighted by atomic mass is 9.98. The molecule has 0 bridgehead atoms. The standard InChI is InChI=1S/C14H16O6/c1-14(2,3)20-11(15)7-10-8(12(16)17)5-4-6-9(10)13(18)19/h4-6H,7H2,1-3H3,(H,16,17)(H,18,19). The van der Waals surface area contributed by atoms with Crippen molar-refractivity contribution in [2.24, 2.45) is 0 Å². The summed E-state index contributed by atoms with van der Waals surface area (Å²) < 4.78 is 5.09. The van der Waals surface area contributed by atoms with Crippen LogP contribution in [0.1, 0.15) is 47.1 Å². The van der Waals surface area contributed by atoms with Crippen molar-refractivity contribution in [3.8, 4) is 0 Å². The minimum atomic E-state index is -1.29. The molecule has 1 rings (SSSR count). The number of carboxylic acids is 2. The number of rotatable bonds is 4. The maximum Gasteiger partial charge on any atom is 0.336 e. The molecule has 6 heteroatoms. The predicted octanol–water partition coefficient (Wildman–Crippen LogP) is 1.97. The van der Waals surface area contributed by atoms with E-state index in [1.54, 1.807) is 20.8 Å². The maximum absolute atomic E-state index is 11.8. The minimum absolute atomic E-state index is 0.0539. The summed E-state index contributed by atoms with van der Waals surface area (Å²) in [6, 6.07) is 3.84. The number of benzene rings is 1. The van der Waals surface area contributed by atoms with Gasteiger partial charge in [-0.05, 0) is 38.5 Å². The molecular formula is C14H16O6. The van der Waals surface area contributed by atoms with Gasteiger partial charge in [-0.25, -0.2) is 9.59 Å². The molecule has 0 atom stereocenters. The molecular weight excluding hydrogens is 264 g/mol. The highest BCUT2D eigenvalue weighted by Gasteiger charge is 2.23. The molecule has 1 aromatic carbocycles. The molecule has 20 heavy (non-hydrogen) atoms. The summed E-state index contributed by atoms with van der Waals surface area (Å²) in [5.41, 5.74) is -1.20. The molecule has 0 saturated heterocycles. The van der Waals surface area contributed by atoms with Crippen molar-refractivity contribution in [3.05, 3.63) is 34.9 Å². The predicted molar refractivity (Wildman–Crippen MR) is 69.9 cm³/mol. The minimum Gasteiger partial charge on any atom is -0.478 e. The van der Waals surface area contributed by atoms with Crippen molar-refractivity contribution in [3.63, 3.8) is 0 Å². The van der Waals surface area contributed by atoms with Gasteiger partial charge >= 0.3 is 17.9 Å². The fourth-order valence-electron chi connectivity index (χ4n) is 1.70. The third-order valence-electron chi connectivity index (χ3n) is 2.38. The summed E-state index contributed by atoms with van der Waals surface area (Å²) >= 11 is 0. The Kier molecular flexibility index (Phi) is 4.49. The van der Waals surface area contributed by atoms with E-state index in [1.165, 1.54) is 18.2 Å². The Morgan fingerprint density at radius 2 is 1.50 bits per heavy atom. The van der Waals surface area contributed by atoms with Gasteiger partial charge in [0.05, 0.1) is 17.5 Å². The van der Waals surface area contributed by atoms with Gasteiger partial charge in [0.1, 0.15) is 5.60 Å². The molecule has 0 saturated carbocycles. The molecule has 0 heterocycles. The third kappa shape index (κ3) is 4.08. The second-order valence-electron chi connectivity index (χ2n) is 5.21. The smallest absolute Gasteiger partial charge is 0.336 e. The van der Waals surface area contributed by atoms with E-state index in [9.17, 15) is 14.4 Å². The molecule has 0 spiro atoms. The zero-order chi connectivity index (χ0) is 15.5. The van der Waals surface area contributed by atoms with Crippen molar-refractivity contribution in [1.29, 1.82) is 0 Å². The SMILES string of the molecule is CC(C)(C)OC(=O)Cc1c(C(=O)O)cccc1C(=O)O. The van der Waals surface area contributed by atoms with E-state index in [1.807, 2.05) is 0 Å². The van der Waals surface area contributed by atoms with Crippen molar-refractivity contribution in [2.75, 3.05) is 0 Å². The first-order valence-corrected chi connectivity index (χ1v) is 5.92. The molecule has 0 aliphatic rings. The molecule has 0 aromatic heterocycles. The summed E-state index contributed by atoms with van der Waals surface area (Å²) in [5.74, 6) is -3.24. The highest BCUT2D eigenvalue weighted by atomic mass is 16.6. The Hall–Kier alpha value is -2.37. The molecule has 6 nitrogen and oxygen atoms in total. The number of esters is 1. The van der Waals surface area contributed by atoms with Crippen molar-refractivity contribution in [1.82, 2.24) is 0 Å². The molecule has 108 valence electrons. The monoisotopic (exact) mass is 280 g/mol. The number of carbonyl (C=O) groups excluding carboxylic acids is 1. The van der Waals surface area contributed by atoms with Gasteiger partial charge in [0.2, 0.25) is 0 Å². The van der Waals surface area contributed by atoms with Crippen LogP contribution in [0.3, 0.4) is 0 Å². The third-order valence-corrected chi connectivity index (χ3v) is 2.38. The van der Waals surface area contributed by atoms with E-state index in [-0.39, 0.29) is 16.7 Å². The van der Waals surface area contributed by atoms with Gasteiger partial charge in [0, 0.05) is 0 Å². The molecule has 0 unspecified atom stereocenters. The van der Waals surface area contributed by atoms with E-state index in [0.29, 0.717) is 0 Å². The molecule has 1 aromatic rings. The van der Waals surface area contributed by atoms with Gasteiger partial charge in [-0.15, -0.1) is 0 Å². The lowest BCUT2D eigenvalue weighted by Crippen LogP contribution is -2.26. The molecule has 0 aliphatic carbocycles. The van der Waals surface area contributed by atoms with Crippen LogP contribution in [0.5, 0.6) is 0 Å². The Morgan fingerprint density at radius 3 is 1.85 bits per heavy atom. The largest absolute Gasteiger partial charge is 0.478 e. The average molecular weight is 280 g/mol. The first-order chi connectivity index (χ1) is 9.11. The number of carboxylic acid groups (broad SMARTS) is 2. The van der Waals surface area contributed by atoms with Gasteiger partial charge in [-0.1, -0.05) is 6.07 Å². The number of hydrogen-bond donors (Lipinski definition) is 2. The van der Waals surface area contributed by atoms with Crippen LogP contribution in [0.25, 0.3) is 0 Å². The van der Waals surface area contributed by atoms with Crippen molar-refractivity contribution < 1.29 is 29.3 Å². The first kappa shape index (κ1) is 15.7. The van der Waals surface area contributed by atoms with Crippen LogP contribution < -0.4 is 0 Å². The fourth-order valence-corrected chi connectivity index (χ4v) is 1.70.